The largest absolute Gasteiger partial charge is 0.490 e. The average Bonchev–Trinajstić information content (AvgIpc) is 3.07. The van der Waals surface area contributed by atoms with Crippen LogP contribution in [0.25, 0.3) is 29.0 Å². The van der Waals surface area contributed by atoms with Crippen molar-refractivity contribution in [1.82, 2.24) is 15.2 Å². The number of hydrogen-bond donors (Lipinski definition) is 2. The van der Waals surface area contributed by atoms with Gasteiger partial charge in [0.05, 0.1) is 0 Å². The van der Waals surface area contributed by atoms with Crippen LogP contribution in [-0.2, 0) is 11.2 Å². The number of carboxylic acids is 1. The topological polar surface area (TPSA) is 95.7 Å². The number of rotatable bonds is 3. The van der Waals surface area contributed by atoms with Crippen molar-refractivity contribution in [3.8, 4) is 0 Å². The van der Waals surface area contributed by atoms with Crippen molar-refractivity contribution in [3.05, 3.63) is 93.8 Å². The Balaban J connectivity index is 0.000000405. The van der Waals surface area contributed by atoms with Gasteiger partial charge in [0.1, 0.15) is 16.5 Å². The lowest BCUT2D eigenvalue weighted by Gasteiger charge is -2.18. The number of aliphatic carboxylic acids is 1. The van der Waals surface area contributed by atoms with Crippen molar-refractivity contribution in [2.75, 3.05) is 14.1 Å². The summed E-state index contributed by atoms with van der Waals surface area (Å²) < 4.78 is 37.8. The fourth-order valence-electron chi connectivity index (χ4n) is 3.76. The molecule has 1 aromatic carbocycles. The average molecular weight is 509 g/mol. The van der Waals surface area contributed by atoms with E-state index in [1.165, 1.54) is 5.70 Å². The van der Waals surface area contributed by atoms with E-state index in [9.17, 15) is 18.0 Å². The van der Waals surface area contributed by atoms with Crippen molar-refractivity contribution in [3.63, 3.8) is 0 Å². The molecule has 0 saturated carbocycles. The van der Waals surface area contributed by atoms with Crippen molar-refractivity contribution in [2.45, 2.75) is 12.6 Å². The van der Waals surface area contributed by atoms with E-state index in [2.05, 4.69) is 21.3 Å². The minimum absolute atomic E-state index is 0.238. The zero-order valence-corrected chi connectivity index (χ0v) is 19.8. The Bertz CT molecular complexity index is 1600. The molecule has 3 aromatic rings. The molecule has 0 radical (unpaired) electrons. The maximum absolute atomic E-state index is 12.8. The zero-order valence-electron chi connectivity index (χ0n) is 19.8. The number of benzene rings is 1. The van der Waals surface area contributed by atoms with Crippen LogP contribution in [0.2, 0.25) is 0 Å². The van der Waals surface area contributed by atoms with Crippen molar-refractivity contribution >= 4 is 40.9 Å². The van der Waals surface area contributed by atoms with Crippen molar-refractivity contribution in [2.24, 2.45) is 0 Å². The third-order valence-corrected chi connectivity index (χ3v) is 5.65. The van der Waals surface area contributed by atoms with Crippen LogP contribution in [-0.4, -0.2) is 47.1 Å². The van der Waals surface area contributed by atoms with E-state index < -0.39 is 12.1 Å². The normalized spacial score (nSPS) is 13.9. The number of nitrogens with zero attached hydrogens (tertiary/aromatic N) is 2. The first-order valence-electron chi connectivity index (χ1n) is 11.1. The number of halogens is 3. The van der Waals surface area contributed by atoms with Crippen LogP contribution in [0.1, 0.15) is 21.6 Å². The summed E-state index contributed by atoms with van der Waals surface area (Å²) in [6.07, 6.45) is 9.19. The molecule has 2 N–H and O–H groups in total. The summed E-state index contributed by atoms with van der Waals surface area (Å²) in [5.41, 5.74) is 6.10. The third-order valence-electron chi connectivity index (χ3n) is 5.65. The fourth-order valence-corrected chi connectivity index (χ4v) is 3.76. The summed E-state index contributed by atoms with van der Waals surface area (Å²) in [7, 11) is 4.07. The fraction of sp³-hybridized carbons (Fsp3) is 0.148. The van der Waals surface area contributed by atoms with Gasteiger partial charge in [-0.3, -0.25) is 9.78 Å². The number of alkyl halides is 3. The predicted molar refractivity (Wildman–Crippen MR) is 132 cm³/mol. The summed E-state index contributed by atoms with van der Waals surface area (Å²) in [5, 5.41) is 12.1. The van der Waals surface area contributed by atoms with E-state index in [0.29, 0.717) is 11.4 Å². The van der Waals surface area contributed by atoms with E-state index in [1.54, 1.807) is 6.20 Å². The molecule has 7 nitrogen and oxygen atoms in total. The molecule has 0 atom stereocenters. The lowest BCUT2D eigenvalue weighted by Crippen LogP contribution is -2.23. The monoisotopic (exact) mass is 509 g/mol. The summed E-state index contributed by atoms with van der Waals surface area (Å²) >= 11 is 0. The number of allylic oxidation sites excluding steroid dienone is 4. The molecule has 0 aliphatic heterocycles. The molecule has 10 heteroatoms. The Labute approximate surface area is 209 Å². The van der Waals surface area contributed by atoms with Crippen LogP contribution in [0.5, 0.6) is 0 Å². The van der Waals surface area contributed by atoms with E-state index in [0.717, 1.165) is 39.2 Å². The molecule has 1 amide bonds. The molecule has 0 saturated heterocycles. The Morgan fingerprint density at radius 3 is 2.46 bits per heavy atom. The second kappa shape index (κ2) is 10.2. The van der Waals surface area contributed by atoms with Crippen LogP contribution >= 0.6 is 0 Å². The van der Waals surface area contributed by atoms with Crippen LogP contribution in [0, 0.1) is 0 Å². The number of carboxylic acid groups (broad SMARTS) is 1. The van der Waals surface area contributed by atoms with Gasteiger partial charge in [0, 0.05) is 54.6 Å². The molecular weight excluding hydrogens is 487 g/mol. The summed E-state index contributed by atoms with van der Waals surface area (Å²) in [5.74, 6) is -2.99. The molecule has 37 heavy (non-hydrogen) atoms. The molecule has 2 aliphatic carbocycles. The number of carbonyl (C=O) groups is 2. The summed E-state index contributed by atoms with van der Waals surface area (Å²) in [6, 6.07) is 9.68. The Morgan fingerprint density at radius 1 is 1.08 bits per heavy atom. The number of amides is 1. The van der Waals surface area contributed by atoms with Gasteiger partial charge in [-0.15, -0.1) is 0 Å². The number of aromatic nitrogens is 1. The van der Waals surface area contributed by atoms with Crippen LogP contribution < -0.4 is 16.1 Å². The molecule has 0 spiro atoms. The second-order valence-corrected chi connectivity index (χ2v) is 8.42. The second-order valence-electron chi connectivity index (χ2n) is 8.42. The number of carbonyl (C=O) groups excluding carboxylic acids is 1. The maximum atomic E-state index is 12.8. The standard InChI is InChI=1S/C25H21N3O2.C2HF3O2/c1-28(2)19-10-11-24-21(14-19)20-13-18(8-5-9-23(20)30-24)27-25(29)22-12-16-6-3-4-7-17(16)15-26-22;3-2(4,5)1(6)7/h3-13,15H,14H2,1-2H3,(H,27,29);(H,6,7). The molecule has 0 bridgehead atoms. The Kier molecular flexibility index (Phi) is 7.01. The maximum Gasteiger partial charge on any atom is 0.490 e. The van der Waals surface area contributed by atoms with Crippen LogP contribution in [0.4, 0.5) is 13.2 Å². The summed E-state index contributed by atoms with van der Waals surface area (Å²) in [4.78, 5) is 28.2. The van der Waals surface area contributed by atoms with Gasteiger partial charge in [0.2, 0.25) is 0 Å². The number of fused-ring (bicyclic) bond motifs is 4. The van der Waals surface area contributed by atoms with Crippen molar-refractivity contribution in [1.29, 1.82) is 0 Å². The van der Waals surface area contributed by atoms with Crippen molar-refractivity contribution < 1.29 is 32.3 Å². The van der Waals surface area contributed by atoms with Gasteiger partial charge >= 0.3 is 12.1 Å². The quantitative estimate of drug-likeness (QED) is 0.562. The van der Waals surface area contributed by atoms with Crippen LogP contribution in [0.15, 0.2) is 70.6 Å². The molecule has 2 aromatic heterocycles. The minimum Gasteiger partial charge on any atom is -0.475 e. The lowest BCUT2D eigenvalue weighted by atomic mass is 10.0. The van der Waals surface area contributed by atoms with Crippen LogP contribution in [0.3, 0.4) is 0 Å². The summed E-state index contributed by atoms with van der Waals surface area (Å²) in [6.45, 7) is 0. The SMILES string of the molecule is CN(C)C1=CC=c2oc3c(c2C1)C=C(NC(=O)c1cc2ccccc2cn1)C=CC=3.O=C(O)C(F)(F)F. The Morgan fingerprint density at radius 2 is 1.78 bits per heavy atom. The Hall–Kier alpha value is -4.60. The minimum atomic E-state index is -5.08. The van der Waals surface area contributed by atoms with Gasteiger partial charge in [-0.1, -0.05) is 30.3 Å². The van der Waals surface area contributed by atoms with Gasteiger partial charge in [-0.05, 0) is 41.8 Å². The molecule has 5 rings (SSSR count). The van der Waals surface area contributed by atoms with Gasteiger partial charge < -0.3 is 19.7 Å². The van der Waals surface area contributed by atoms with Gasteiger partial charge in [0.15, 0.2) is 0 Å². The highest BCUT2D eigenvalue weighted by molar-refractivity contribution is 5.98. The number of hydrogen-bond acceptors (Lipinski definition) is 5. The molecule has 190 valence electrons. The first-order valence-corrected chi connectivity index (χ1v) is 11.1. The molecular formula is C27H22F3N3O4. The first kappa shape index (κ1) is 25.5. The van der Waals surface area contributed by atoms with Gasteiger partial charge in [0.25, 0.3) is 5.91 Å². The van der Waals surface area contributed by atoms with Gasteiger partial charge in [-0.2, -0.15) is 13.2 Å². The highest BCUT2D eigenvalue weighted by atomic mass is 19.4. The lowest BCUT2D eigenvalue weighted by molar-refractivity contribution is -0.192. The molecule has 0 fully saturated rings. The highest BCUT2D eigenvalue weighted by Crippen LogP contribution is 2.18. The number of furan rings is 1. The number of likely N-dealkylation sites (N-methyl/N-ethyl adjacent to an activating group) is 1. The van der Waals surface area contributed by atoms with E-state index in [-0.39, 0.29) is 5.91 Å². The smallest absolute Gasteiger partial charge is 0.475 e. The van der Waals surface area contributed by atoms with E-state index in [4.69, 9.17) is 14.3 Å². The number of nitrogens with one attached hydrogen (secondary N) is 1. The third kappa shape index (κ3) is 5.80. The van der Waals surface area contributed by atoms with Gasteiger partial charge in [-0.25, -0.2) is 4.79 Å². The highest BCUT2D eigenvalue weighted by Gasteiger charge is 2.38. The molecule has 2 aliphatic rings. The van der Waals surface area contributed by atoms with E-state index in [1.807, 2.05) is 74.8 Å². The molecule has 0 unspecified atom stereocenters. The molecule has 2 heterocycles. The predicted octanol–water partition coefficient (Wildman–Crippen LogP) is 3.36. The first-order chi connectivity index (χ1) is 17.5. The zero-order chi connectivity index (χ0) is 26.7. The van der Waals surface area contributed by atoms with E-state index >= 15 is 0 Å². The number of pyridine rings is 1.